The molecule has 1 heterocycles. The highest BCUT2D eigenvalue weighted by Gasteiger charge is 2.27. The van der Waals surface area contributed by atoms with E-state index in [1.807, 2.05) is 38.1 Å². The summed E-state index contributed by atoms with van der Waals surface area (Å²) in [6.45, 7) is 6.91. The van der Waals surface area contributed by atoms with E-state index in [0.29, 0.717) is 26.4 Å². The van der Waals surface area contributed by atoms with E-state index in [1.54, 1.807) is 0 Å². The molecular formula is C29H35NO4. The summed E-state index contributed by atoms with van der Waals surface area (Å²) in [6, 6.07) is 24.7. The van der Waals surface area contributed by atoms with Gasteiger partial charge in [0.15, 0.2) is 0 Å². The number of benzene rings is 3. The summed E-state index contributed by atoms with van der Waals surface area (Å²) in [5.41, 5.74) is 5.58. The average Bonchev–Trinajstić information content (AvgIpc) is 2.84. The standard InChI is InChI=1S/C29H35NO4/c1-29(2)33-21-26-18-25(11-12-28(26)34-29)27(31)19-30-15-13-23-9-6-10-24(17-23)20-32-16-14-22-7-4-3-5-8-22/h3-12,17-18,27,30-31H,13-16,19-21H2,1-2H3/t27-/m0/s1. The molecule has 1 aliphatic rings. The van der Waals surface area contributed by atoms with Gasteiger partial charge in [0.2, 0.25) is 5.79 Å². The minimum absolute atomic E-state index is 0.489. The molecule has 0 fully saturated rings. The van der Waals surface area contributed by atoms with Crippen LogP contribution in [0.1, 0.15) is 47.8 Å². The van der Waals surface area contributed by atoms with E-state index in [2.05, 4.69) is 53.8 Å². The summed E-state index contributed by atoms with van der Waals surface area (Å²) in [6.07, 6.45) is 1.24. The third kappa shape index (κ3) is 7.15. The minimum atomic E-state index is -0.611. The number of rotatable bonds is 11. The van der Waals surface area contributed by atoms with Crippen molar-refractivity contribution in [2.24, 2.45) is 0 Å². The van der Waals surface area contributed by atoms with Gasteiger partial charge in [0.1, 0.15) is 5.75 Å². The summed E-state index contributed by atoms with van der Waals surface area (Å²) < 4.78 is 17.4. The highest BCUT2D eigenvalue weighted by molar-refractivity contribution is 5.39. The van der Waals surface area contributed by atoms with Gasteiger partial charge in [-0.15, -0.1) is 0 Å². The highest BCUT2D eigenvalue weighted by atomic mass is 16.7. The predicted octanol–water partition coefficient (Wildman–Crippen LogP) is 4.96. The molecule has 0 aromatic heterocycles. The first-order chi connectivity index (χ1) is 16.5. The maximum Gasteiger partial charge on any atom is 0.205 e. The molecule has 3 aromatic rings. The van der Waals surface area contributed by atoms with Gasteiger partial charge in [0.25, 0.3) is 0 Å². The van der Waals surface area contributed by atoms with Crippen molar-refractivity contribution in [3.05, 3.63) is 101 Å². The van der Waals surface area contributed by atoms with Gasteiger partial charge in [-0.1, -0.05) is 60.7 Å². The number of hydrogen-bond donors (Lipinski definition) is 2. The van der Waals surface area contributed by atoms with Gasteiger partial charge in [-0.25, -0.2) is 0 Å². The molecule has 180 valence electrons. The van der Waals surface area contributed by atoms with Crippen molar-refractivity contribution in [3.63, 3.8) is 0 Å². The number of fused-ring (bicyclic) bond motifs is 1. The van der Waals surface area contributed by atoms with E-state index in [1.165, 1.54) is 16.7 Å². The van der Waals surface area contributed by atoms with Gasteiger partial charge in [0, 0.05) is 26.0 Å². The van der Waals surface area contributed by atoms with Crippen molar-refractivity contribution in [1.82, 2.24) is 5.32 Å². The molecule has 0 radical (unpaired) electrons. The molecule has 1 aliphatic heterocycles. The smallest absolute Gasteiger partial charge is 0.205 e. The van der Waals surface area contributed by atoms with Crippen molar-refractivity contribution in [2.45, 2.75) is 51.8 Å². The zero-order chi connectivity index (χ0) is 23.8. The zero-order valence-electron chi connectivity index (χ0n) is 20.1. The maximum absolute atomic E-state index is 10.6. The summed E-state index contributed by atoms with van der Waals surface area (Å²) in [4.78, 5) is 0. The van der Waals surface area contributed by atoms with Crippen molar-refractivity contribution in [2.75, 3.05) is 19.7 Å². The lowest BCUT2D eigenvalue weighted by Gasteiger charge is -2.33. The summed E-state index contributed by atoms with van der Waals surface area (Å²) in [7, 11) is 0. The minimum Gasteiger partial charge on any atom is -0.463 e. The molecule has 0 saturated heterocycles. The van der Waals surface area contributed by atoms with Crippen LogP contribution in [0.4, 0.5) is 0 Å². The molecule has 0 spiro atoms. The van der Waals surface area contributed by atoms with Crippen LogP contribution in [0.2, 0.25) is 0 Å². The Morgan fingerprint density at radius 2 is 1.74 bits per heavy atom. The monoisotopic (exact) mass is 461 g/mol. The van der Waals surface area contributed by atoms with E-state index >= 15 is 0 Å². The molecule has 5 nitrogen and oxygen atoms in total. The Morgan fingerprint density at radius 3 is 2.59 bits per heavy atom. The van der Waals surface area contributed by atoms with Crippen LogP contribution in [0, 0.1) is 0 Å². The third-order valence-electron chi connectivity index (χ3n) is 5.97. The summed E-state index contributed by atoms with van der Waals surface area (Å²) in [5, 5.41) is 14.0. The Balaban J connectivity index is 1.17. The Labute approximate surface area is 202 Å². The second-order valence-corrected chi connectivity index (χ2v) is 9.24. The second kappa shape index (κ2) is 11.6. The van der Waals surface area contributed by atoms with Gasteiger partial charge in [-0.2, -0.15) is 0 Å². The van der Waals surface area contributed by atoms with Crippen LogP contribution in [-0.4, -0.2) is 30.6 Å². The van der Waals surface area contributed by atoms with E-state index in [9.17, 15) is 5.11 Å². The van der Waals surface area contributed by atoms with Gasteiger partial charge in [0.05, 0.1) is 25.9 Å². The Bertz CT molecular complexity index is 1050. The summed E-state index contributed by atoms with van der Waals surface area (Å²) >= 11 is 0. The first kappa shape index (κ1) is 24.4. The molecular weight excluding hydrogens is 426 g/mol. The average molecular weight is 462 g/mol. The molecule has 0 aliphatic carbocycles. The molecule has 0 unspecified atom stereocenters. The fourth-order valence-electron chi connectivity index (χ4n) is 4.05. The van der Waals surface area contributed by atoms with Gasteiger partial charge >= 0.3 is 0 Å². The lowest BCUT2D eigenvalue weighted by molar-refractivity contribution is -0.180. The summed E-state index contributed by atoms with van der Waals surface area (Å²) in [5.74, 6) is 0.212. The molecule has 5 heteroatoms. The van der Waals surface area contributed by atoms with Crippen molar-refractivity contribution in [1.29, 1.82) is 0 Å². The molecule has 0 saturated carbocycles. The molecule has 0 bridgehead atoms. The van der Waals surface area contributed by atoms with E-state index in [0.717, 1.165) is 36.3 Å². The topological polar surface area (TPSA) is 60.0 Å². The Hall–Kier alpha value is -2.70. The number of aliphatic hydroxyl groups is 1. The van der Waals surface area contributed by atoms with E-state index in [4.69, 9.17) is 14.2 Å². The lowest BCUT2D eigenvalue weighted by atomic mass is 10.0. The molecule has 4 rings (SSSR count). The Kier molecular flexibility index (Phi) is 8.35. The van der Waals surface area contributed by atoms with Crippen LogP contribution >= 0.6 is 0 Å². The van der Waals surface area contributed by atoms with Crippen LogP contribution < -0.4 is 10.1 Å². The molecule has 34 heavy (non-hydrogen) atoms. The molecule has 0 amide bonds. The maximum atomic E-state index is 10.6. The van der Waals surface area contributed by atoms with Crippen LogP contribution in [0.15, 0.2) is 72.8 Å². The van der Waals surface area contributed by atoms with Crippen molar-refractivity contribution in [3.8, 4) is 5.75 Å². The van der Waals surface area contributed by atoms with Crippen LogP contribution in [0.25, 0.3) is 0 Å². The van der Waals surface area contributed by atoms with Gasteiger partial charge < -0.3 is 24.6 Å². The number of nitrogens with one attached hydrogen (secondary N) is 1. The van der Waals surface area contributed by atoms with Gasteiger partial charge in [-0.05, 0) is 53.8 Å². The first-order valence-corrected chi connectivity index (χ1v) is 12.0. The quantitative estimate of drug-likeness (QED) is 0.396. The fraction of sp³-hybridized carbons (Fsp3) is 0.379. The number of hydrogen-bond acceptors (Lipinski definition) is 5. The van der Waals surface area contributed by atoms with Crippen molar-refractivity contribution < 1.29 is 19.3 Å². The highest BCUT2D eigenvalue weighted by Crippen LogP contribution is 2.32. The second-order valence-electron chi connectivity index (χ2n) is 9.24. The normalized spacial score (nSPS) is 15.4. The molecule has 3 aromatic carbocycles. The fourth-order valence-corrected chi connectivity index (χ4v) is 4.05. The predicted molar refractivity (Wildman–Crippen MR) is 134 cm³/mol. The van der Waals surface area contributed by atoms with E-state index < -0.39 is 11.9 Å². The lowest BCUT2D eigenvalue weighted by Crippen LogP contribution is -2.35. The van der Waals surface area contributed by atoms with Gasteiger partial charge in [-0.3, -0.25) is 0 Å². The third-order valence-corrected chi connectivity index (χ3v) is 5.97. The SMILES string of the molecule is CC1(C)OCc2cc([C@@H](O)CNCCc3cccc(COCCc4ccccc4)c3)ccc2O1. The first-order valence-electron chi connectivity index (χ1n) is 12.0. The van der Waals surface area contributed by atoms with Crippen LogP contribution in [-0.2, 0) is 35.5 Å². The largest absolute Gasteiger partial charge is 0.463 e. The molecule has 1 atom stereocenters. The van der Waals surface area contributed by atoms with Crippen LogP contribution in [0.3, 0.4) is 0 Å². The zero-order valence-corrected chi connectivity index (χ0v) is 20.1. The number of aliphatic hydroxyl groups excluding tert-OH is 1. The number of ether oxygens (including phenoxy) is 3. The Morgan fingerprint density at radius 1 is 0.941 bits per heavy atom. The van der Waals surface area contributed by atoms with Crippen molar-refractivity contribution >= 4 is 0 Å². The molecule has 2 N–H and O–H groups in total. The van der Waals surface area contributed by atoms with Crippen LogP contribution in [0.5, 0.6) is 5.75 Å². The van der Waals surface area contributed by atoms with E-state index in [-0.39, 0.29) is 0 Å².